The Labute approximate surface area is 93.2 Å². The number of hydrazine groups is 1. The van der Waals surface area contributed by atoms with Crippen LogP contribution in [0.4, 0.5) is 0 Å². The van der Waals surface area contributed by atoms with Gasteiger partial charge in [-0.05, 0) is 39.9 Å². The molecule has 1 aromatic rings. The smallest absolute Gasteiger partial charge is 0.0478 e. The first-order chi connectivity index (χ1) is 6.63. The Hall–Kier alpha value is -0.450. The van der Waals surface area contributed by atoms with Crippen molar-refractivity contribution in [3.8, 4) is 0 Å². The summed E-state index contributed by atoms with van der Waals surface area (Å²) in [5, 5.41) is 0. The topological polar surface area (TPSA) is 50.9 Å². The first-order valence-corrected chi connectivity index (χ1v) is 5.49. The maximum absolute atomic E-state index is 5.51. The van der Waals surface area contributed by atoms with Crippen molar-refractivity contribution >= 4 is 15.9 Å². The number of hydrogen-bond donors (Lipinski definition) is 2. The second-order valence-corrected chi connectivity index (χ2v) is 4.70. The van der Waals surface area contributed by atoms with Gasteiger partial charge in [0.2, 0.25) is 0 Å². The minimum atomic E-state index is 0.181. The van der Waals surface area contributed by atoms with Gasteiger partial charge in [-0.1, -0.05) is 13.8 Å². The van der Waals surface area contributed by atoms with E-state index in [4.69, 9.17) is 5.84 Å². The largest absolute Gasteiger partial charge is 0.271 e. The fourth-order valence-corrected chi connectivity index (χ4v) is 1.77. The van der Waals surface area contributed by atoms with E-state index in [2.05, 4.69) is 40.2 Å². The maximum atomic E-state index is 5.51. The summed E-state index contributed by atoms with van der Waals surface area (Å²) in [6.45, 7) is 4.35. The van der Waals surface area contributed by atoms with Crippen LogP contribution in [0.5, 0.6) is 0 Å². The molecule has 1 heterocycles. The number of hydrogen-bond acceptors (Lipinski definition) is 3. The summed E-state index contributed by atoms with van der Waals surface area (Å²) in [5.41, 5.74) is 3.94. The van der Waals surface area contributed by atoms with E-state index >= 15 is 0 Å². The van der Waals surface area contributed by atoms with Gasteiger partial charge in [0.25, 0.3) is 0 Å². The quantitative estimate of drug-likeness (QED) is 0.644. The van der Waals surface area contributed by atoms with Crippen LogP contribution in [0.1, 0.15) is 31.9 Å². The lowest BCUT2D eigenvalue weighted by Crippen LogP contribution is -2.29. The zero-order valence-corrected chi connectivity index (χ0v) is 10.1. The molecule has 1 aromatic heterocycles. The summed E-state index contributed by atoms with van der Waals surface area (Å²) >= 11 is 3.39. The molecule has 0 fully saturated rings. The van der Waals surface area contributed by atoms with Crippen molar-refractivity contribution in [1.82, 2.24) is 10.4 Å². The highest BCUT2D eigenvalue weighted by Gasteiger charge is 2.11. The minimum Gasteiger partial charge on any atom is -0.271 e. The van der Waals surface area contributed by atoms with Crippen molar-refractivity contribution in [2.45, 2.75) is 26.3 Å². The molecule has 0 spiro atoms. The van der Waals surface area contributed by atoms with E-state index < -0.39 is 0 Å². The van der Waals surface area contributed by atoms with Crippen LogP contribution in [0, 0.1) is 5.92 Å². The number of nitrogens with two attached hydrogens (primary N) is 1. The number of nitrogens with zero attached hydrogens (tertiary/aromatic N) is 1. The summed E-state index contributed by atoms with van der Waals surface area (Å²) in [6.07, 6.45) is 4.62. The Bertz CT molecular complexity index is 288. The molecule has 1 unspecified atom stereocenters. The van der Waals surface area contributed by atoms with E-state index in [0.29, 0.717) is 5.92 Å². The van der Waals surface area contributed by atoms with Gasteiger partial charge in [0.1, 0.15) is 0 Å². The van der Waals surface area contributed by atoms with Gasteiger partial charge >= 0.3 is 0 Å². The molecule has 0 saturated carbocycles. The van der Waals surface area contributed by atoms with Crippen LogP contribution >= 0.6 is 15.9 Å². The van der Waals surface area contributed by atoms with Gasteiger partial charge in [0.15, 0.2) is 0 Å². The van der Waals surface area contributed by atoms with Crippen LogP contribution in [0.3, 0.4) is 0 Å². The zero-order chi connectivity index (χ0) is 10.6. The lowest BCUT2D eigenvalue weighted by molar-refractivity contribution is 0.437. The molecule has 3 nitrogen and oxygen atoms in total. The molecule has 14 heavy (non-hydrogen) atoms. The van der Waals surface area contributed by atoms with Crippen LogP contribution in [-0.2, 0) is 0 Å². The van der Waals surface area contributed by atoms with Gasteiger partial charge < -0.3 is 0 Å². The first kappa shape index (κ1) is 11.6. The molecule has 0 aliphatic rings. The number of rotatable bonds is 4. The summed E-state index contributed by atoms with van der Waals surface area (Å²) in [4.78, 5) is 4.12. The highest BCUT2D eigenvalue weighted by molar-refractivity contribution is 9.10. The lowest BCUT2D eigenvalue weighted by Gasteiger charge is -2.18. The molecule has 0 radical (unpaired) electrons. The van der Waals surface area contributed by atoms with Crippen LogP contribution in [-0.4, -0.2) is 4.98 Å². The average molecular weight is 258 g/mol. The molecule has 0 bridgehead atoms. The third-order valence-electron chi connectivity index (χ3n) is 2.04. The monoisotopic (exact) mass is 257 g/mol. The number of halogens is 1. The second kappa shape index (κ2) is 5.44. The van der Waals surface area contributed by atoms with Crippen molar-refractivity contribution in [2.75, 3.05) is 0 Å². The predicted octanol–water partition coefficient (Wildman–Crippen LogP) is 2.39. The molecule has 0 aliphatic carbocycles. The van der Waals surface area contributed by atoms with E-state index in [9.17, 15) is 0 Å². The van der Waals surface area contributed by atoms with Crippen molar-refractivity contribution in [1.29, 1.82) is 0 Å². The van der Waals surface area contributed by atoms with Crippen LogP contribution in [0.15, 0.2) is 22.9 Å². The highest BCUT2D eigenvalue weighted by Crippen LogP contribution is 2.21. The fraction of sp³-hybridized carbons (Fsp3) is 0.500. The zero-order valence-electron chi connectivity index (χ0n) is 8.50. The molecular weight excluding hydrogens is 242 g/mol. The van der Waals surface area contributed by atoms with E-state index in [1.54, 1.807) is 6.20 Å². The Morgan fingerprint density at radius 1 is 1.50 bits per heavy atom. The Kier molecular flexibility index (Phi) is 4.51. The van der Waals surface area contributed by atoms with Crippen LogP contribution in [0.25, 0.3) is 0 Å². The van der Waals surface area contributed by atoms with Gasteiger partial charge in [-0.3, -0.25) is 16.3 Å². The Balaban J connectivity index is 2.78. The fourth-order valence-electron chi connectivity index (χ4n) is 1.39. The second-order valence-electron chi connectivity index (χ2n) is 3.79. The van der Waals surface area contributed by atoms with E-state index in [1.807, 2.05) is 12.3 Å². The lowest BCUT2D eigenvalue weighted by atomic mass is 9.99. The van der Waals surface area contributed by atoms with E-state index in [1.165, 1.54) is 0 Å². The number of aromatic nitrogens is 1. The van der Waals surface area contributed by atoms with Gasteiger partial charge in [-0.2, -0.15) is 0 Å². The molecular formula is C10H16BrN3. The molecule has 78 valence electrons. The van der Waals surface area contributed by atoms with Gasteiger partial charge in [0.05, 0.1) is 0 Å². The van der Waals surface area contributed by atoms with Crippen molar-refractivity contribution in [3.63, 3.8) is 0 Å². The Morgan fingerprint density at radius 3 is 2.71 bits per heavy atom. The Morgan fingerprint density at radius 2 is 2.21 bits per heavy atom. The molecule has 0 aliphatic heterocycles. The average Bonchev–Trinajstić information content (AvgIpc) is 2.14. The maximum Gasteiger partial charge on any atom is 0.0478 e. The molecule has 3 N–H and O–H groups in total. The van der Waals surface area contributed by atoms with Crippen molar-refractivity contribution in [2.24, 2.45) is 11.8 Å². The molecule has 0 saturated heterocycles. The van der Waals surface area contributed by atoms with Gasteiger partial charge in [-0.15, -0.1) is 0 Å². The number of nitrogens with one attached hydrogen (secondary N) is 1. The van der Waals surface area contributed by atoms with Crippen molar-refractivity contribution in [3.05, 3.63) is 28.5 Å². The minimum absolute atomic E-state index is 0.181. The molecule has 1 atom stereocenters. The van der Waals surface area contributed by atoms with Crippen LogP contribution in [0.2, 0.25) is 0 Å². The van der Waals surface area contributed by atoms with Crippen molar-refractivity contribution < 1.29 is 0 Å². The summed E-state index contributed by atoms with van der Waals surface area (Å²) in [5.74, 6) is 6.12. The molecule has 0 amide bonds. The predicted molar refractivity (Wildman–Crippen MR) is 61.5 cm³/mol. The van der Waals surface area contributed by atoms with Crippen LogP contribution < -0.4 is 11.3 Å². The molecule has 4 heteroatoms. The van der Waals surface area contributed by atoms with Gasteiger partial charge in [0, 0.05) is 22.9 Å². The third kappa shape index (κ3) is 3.36. The summed E-state index contributed by atoms with van der Waals surface area (Å²) in [6, 6.07) is 2.22. The highest BCUT2D eigenvalue weighted by atomic mass is 79.9. The number of pyridine rings is 1. The standard InChI is InChI=1S/C10H16BrN3/c1-7(2)3-10(14-12)8-4-9(11)6-13-5-8/h4-7,10,14H,3,12H2,1-2H3. The first-order valence-electron chi connectivity index (χ1n) is 4.70. The van der Waals surface area contributed by atoms with E-state index in [0.717, 1.165) is 16.5 Å². The third-order valence-corrected chi connectivity index (χ3v) is 2.47. The SMILES string of the molecule is CC(C)CC(NN)c1cncc(Br)c1. The molecule has 1 rings (SSSR count). The summed E-state index contributed by atoms with van der Waals surface area (Å²) in [7, 11) is 0. The van der Waals surface area contributed by atoms with E-state index in [-0.39, 0.29) is 6.04 Å². The molecule has 0 aromatic carbocycles. The van der Waals surface area contributed by atoms with Gasteiger partial charge in [-0.25, -0.2) is 0 Å². The normalized spacial score (nSPS) is 13.2. The summed E-state index contributed by atoms with van der Waals surface area (Å²) < 4.78 is 0.985.